The molecule has 0 bridgehead atoms. The van der Waals surface area contributed by atoms with E-state index in [1.54, 1.807) is 0 Å². The van der Waals surface area contributed by atoms with E-state index in [9.17, 15) is 8.42 Å². The minimum absolute atomic E-state index is 0.0863. The van der Waals surface area contributed by atoms with E-state index in [1.165, 1.54) is 18.2 Å². The molecule has 1 aromatic rings. The van der Waals surface area contributed by atoms with Crippen molar-refractivity contribution in [1.29, 1.82) is 0 Å². The van der Waals surface area contributed by atoms with Gasteiger partial charge in [-0.1, -0.05) is 0 Å². The number of hydrogen-bond acceptors (Lipinski definition) is 4. The molecule has 6 heteroatoms. The van der Waals surface area contributed by atoms with E-state index in [0.717, 1.165) is 0 Å². The first kappa shape index (κ1) is 8.33. The van der Waals surface area contributed by atoms with Gasteiger partial charge in [0.25, 0.3) is 10.0 Å². The maximum Gasteiger partial charge on any atom is 0.254 e. The van der Waals surface area contributed by atoms with Gasteiger partial charge in [-0.3, -0.25) is 0 Å². The van der Waals surface area contributed by atoms with Crippen LogP contribution in [0.25, 0.3) is 0 Å². The average Bonchev–Trinajstić information content (AvgIpc) is 2.47. The Morgan fingerprint density at radius 3 is 2.62 bits per heavy atom. The molecule has 0 aromatic heterocycles. The minimum Gasteiger partial charge on any atom is -0.454 e. The van der Waals surface area contributed by atoms with Crippen molar-refractivity contribution < 1.29 is 17.9 Å². The van der Waals surface area contributed by atoms with Gasteiger partial charge >= 0.3 is 0 Å². The summed E-state index contributed by atoms with van der Waals surface area (Å²) in [4.78, 5) is -0.0863. The van der Waals surface area contributed by atoms with E-state index in [-0.39, 0.29) is 11.7 Å². The van der Waals surface area contributed by atoms with Crippen LogP contribution < -0.4 is 14.6 Å². The van der Waals surface area contributed by atoms with E-state index in [2.05, 4.69) is 0 Å². The molecule has 1 aliphatic heterocycles. The molecule has 1 heterocycles. The second-order valence-electron chi connectivity index (χ2n) is 2.52. The van der Waals surface area contributed by atoms with Gasteiger partial charge in [-0.25, -0.2) is 8.42 Å². The van der Waals surface area contributed by atoms with Gasteiger partial charge in [-0.05, 0) is 12.1 Å². The quantitative estimate of drug-likeness (QED) is 0.656. The topological polar surface area (TPSA) is 76.4 Å². The van der Waals surface area contributed by atoms with E-state index < -0.39 is 10.0 Å². The predicted octanol–water partition coefficient (Wildman–Crippen LogP) is 0.387. The third kappa shape index (κ3) is 1.45. The summed E-state index contributed by atoms with van der Waals surface area (Å²) in [6.45, 7) is 0.0941. The van der Waals surface area contributed by atoms with E-state index in [0.29, 0.717) is 11.5 Å². The zero-order valence-electron chi connectivity index (χ0n) is 6.48. The Morgan fingerprint density at radius 1 is 1.23 bits per heavy atom. The number of hydrogen-bond donors (Lipinski definition) is 0. The first-order chi connectivity index (χ1) is 6.07. The molecule has 1 N–H and O–H groups in total. The number of ether oxygens (including phenoxy) is 2. The van der Waals surface area contributed by atoms with Crippen LogP contribution in [0.3, 0.4) is 0 Å². The largest absolute Gasteiger partial charge is 0.454 e. The van der Waals surface area contributed by atoms with Crippen LogP contribution >= 0.6 is 0 Å². The molecule has 13 heavy (non-hydrogen) atoms. The second kappa shape index (κ2) is 2.61. The van der Waals surface area contributed by atoms with Crippen LogP contribution in [0.1, 0.15) is 0 Å². The summed E-state index contributed by atoms with van der Waals surface area (Å²) in [5.74, 6) is 0.876. The lowest BCUT2D eigenvalue weighted by Crippen LogP contribution is -1.99. The molecular weight excluding hydrogens is 194 g/mol. The lowest BCUT2D eigenvalue weighted by atomic mass is 10.3. The highest BCUT2D eigenvalue weighted by Crippen LogP contribution is 2.33. The molecule has 0 saturated carbocycles. The van der Waals surface area contributed by atoms with E-state index >= 15 is 0 Å². The zero-order chi connectivity index (χ0) is 9.47. The maximum atomic E-state index is 10.8. The van der Waals surface area contributed by atoms with Gasteiger partial charge in [0.05, 0.1) is 4.90 Å². The average molecular weight is 200 g/mol. The molecule has 1 aliphatic rings. The van der Waals surface area contributed by atoms with E-state index in [4.69, 9.17) is 14.6 Å². The fraction of sp³-hybridized carbons (Fsp3) is 0.143. The Morgan fingerprint density at radius 2 is 1.92 bits per heavy atom. The Balaban J connectivity index is 2.54. The van der Waals surface area contributed by atoms with Crippen LogP contribution in [0.5, 0.6) is 11.5 Å². The summed E-state index contributed by atoms with van der Waals surface area (Å²) in [7, 11) is -3.91. The van der Waals surface area contributed by atoms with Crippen LogP contribution in [0.2, 0.25) is 0 Å². The van der Waals surface area contributed by atoms with Crippen LogP contribution in [0, 0.1) is 0 Å². The smallest absolute Gasteiger partial charge is 0.254 e. The molecule has 0 atom stereocenters. The van der Waals surface area contributed by atoms with Gasteiger partial charge in [0, 0.05) is 6.07 Å². The Labute approximate surface area is 75.1 Å². The molecule has 0 aliphatic carbocycles. The van der Waals surface area contributed by atoms with Gasteiger partial charge in [0.15, 0.2) is 11.5 Å². The molecule has 5 nitrogen and oxygen atoms in total. The highest BCUT2D eigenvalue weighted by atomic mass is 32.2. The summed E-state index contributed by atoms with van der Waals surface area (Å²) in [5.41, 5.74) is 0. The molecule has 2 rings (SSSR count). The number of sulfonamides is 1. The van der Waals surface area contributed by atoms with Gasteiger partial charge in [-0.2, -0.15) is 0 Å². The standard InChI is InChI=1S/C7H6NO4S/c8-13(9,10)5-1-2-6-7(3-5)12-4-11-6/h1-3,8H,4H2. The Hall–Kier alpha value is -1.27. The van der Waals surface area contributed by atoms with Crippen molar-refractivity contribution in [3.05, 3.63) is 18.2 Å². The highest BCUT2D eigenvalue weighted by molar-refractivity contribution is 7.88. The molecule has 0 saturated heterocycles. The lowest BCUT2D eigenvalue weighted by molar-refractivity contribution is 0.174. The van der Waals surface area contributed by atoms with Crippen molar-refractivity contribution in [2.75, 3.05) is 6.79 Å². The normalized spacial score (nSPS) is 14.5. The third-order valence-electron chi connectivity index (χ3n) is 1.65. The zero-order valence-corrected chi connectivity index (χ0v) is 7.30. The van der Waals surface area contributed by atoms with Crippen molar-refractivity contribution in [3.63, 3.8) is 0 Å². The number of rotatable bonds is 1. The van der Waals surface area contributed by atoms with Crippen molar-refractivity contribution in [3.8, 4) is 11.5 Å². The summed E-state index contributed by atoms with van der Waals surface area (Å²) < 4.78 is 31.6. The minimum atomic E-state index is -3.91. The van der Waals surface area contributed by atoms with Crippen LogP contribution in [0.4, 0.5) is 0 Å². The molecule has 69 valence electrons. The molecular formula is C7H6NO4S. The SMILES string of the molecule is [NH]S(=O)(=O)c1ccc2c(c1)OCO2. The molecule has 0 fully saturated rings. The van der Waals surface area contributed by atoms with Crippen LogP contribution in [-0.4, -0.2) is 15.2 Å². The molecule has 0 amide bonds. The van der Waals surface area contributed by atoms with Gasteiger partial charge in [0.1, 0.15) is 0 Å². The Bertz CT molecular complexity index is 440. The number of nitrogens with one attached hydrogen (secondary N) is 1. The van der Waals surface area contributed by atoms with Crippen molar-refractivity contribution in [1.82, 2.24) is 5.14 Å². The van der Waals surface area contributed by atoms with Crippen LogP contribution in [0.15, 0.2) is 23.1 Å². The number of fused-ring (bicyclic) bond motifs is 1. The molecule has 0 unspecified atom stereocenters. The molecule has 1 aromatic carbocycles. The summed E-state index contributed by atoms with van der Waals surface area (Å²) >= 11 is 0. The molecule has 0 spiro atoms. The third-order valence-corrected chi connectivity index (χ3v) is 2.53. The second-order valence-corrected chi connectivity index (χ2v) is 4.00. The van der Waals surface area contributed by atoms with Gasteiger partial charge in [0.2, 0.25) is 6.79 Å². The summed E-state index contributed by atoms with van der Waals surface area (Å²) in [5, 5.41) is 6.81. The maximum absolute atomic E-state index is 10.8. The van der Waals surface area contributed by atoms with E-state index in [1.807, 2.05) is 0 Å². The molecule has 1 radical (unpaired) electrons. The first-order valence-electron chi connectivity index (χ1n) is 3.47. The summed E-state index contributed by atoms with van der Waals surface area (Å²) in [6.07, 6.45) is 0. The number of benzene rings is 1. The first-order valence-corrected chi connectivity index (χ1v) is 4.95. The monoisotopic (exact) mass is 200 g/mol. The van der Waals surface area contributed by atoms with Crippen LogP contribution in [-0.2, 0) is 10.0 Å². The van der Waals surface area contributed by atoms with Crippen molar-refractivity contribution >= 4 is 10.0 Å². The predicted molar refractivity (Wildman–Crippen MR) is 42.8 cm³/mol. The highest BCUT2D eigenvalue weighted by Gasteiger charge is 2.17. The van der Waals surface area contributed by atoms with Gasteiger partial charge < -0.3 is 9.47 Å². The fourth-order valence-electron chi connectivity index (χ4n) is 1.04. The Kier molecular flexibility index (Phi) is 1.67. The lowest BCUT2D eigenvalue weighted by Gasteiger charge is -1.98. The fourth-order valence-corrected chi connectivity index (χ4v) is 1.55. The van der Waals surface area contributed by atoms with Crippen molar-refractivity contribution in [2.45, 2.75) is 4.90 Å². The van der Waals surface area contributed by atoms with Gasteiger partial charge in [-0.15, -0.1) is 5.14 Å². The van der Waals surface area contributed by atoms with Crippen molar-refractivity contribution in [2.24, 2.45) is 0 Å². The summed E-state index contributed by atoms with van der Waals surface area (Å²) in [6, 6.07) is 4.07.